The highest BCUT2D eigenvalue weighted by molar-refractivity contribution is 7.09. The molecular weight excluding hydrogens is 300 g/mol. The van der Waals surface area contributed by atoms with Crippen molar-refractivity contribution in [3.63, 3.8) is 0 Å². The minimum atomic E-state index is -0.963. The third-order valence-electron chi connectivity index (χ3n) is 3.24. The predicted octanol–water partition coefficient (Wildman–Crippen LogP) is 2.44. The van der Waals surface area contributed by atoms with E-state index in [2.05, 4.69) is 10.3 Å². The molecule has 6 heteroatoms. The fraction of sp³-hybridized carbons (Fsp3) is 0.312. The Bertz CT molecular complexity index is 667. The molecule has 116 valence electrons. The number of benzene rings is 1. The molecule has 2 aromatic rings. The monoisotopic (exact) mass is 318 g/mol. The number of hydrogen-bond acceptors (Lipinski definition) is 4. The minimum absolute atomic E-state index is 0.0767. The SMILES string of the molecule is Cc1nc(CCNC(=O)CCc2ccccc2C(=O)O)cs1. The fourth-order valence-electron chi connectivity index (χ4n) is 2.14. The van der Waals surface area contributed by atoms with Gasteiger partial charge in [-0.2, -0.15) is 0 Å². The third kappa shape index (κ3) is 4.66. The Hall–Kier alpha value is -2.21. The number of carbonyl (C=O) groups is 2. The van der Waals surface area contributed by atoms with Crippen molar-refractivity contribution in [3.05, 3.63) is 51.5 Å². The molecule has 2 rings (SSSR count). The van der Waals surface area contributed by atoms with Crippen LogP contribution in [0.5, 0.6) is 0 Å². The molecule has 0 saturated carbocycles. The van der Waals surface area contributed by atoms with Gasteiger partial charge in [0.25, 0.3) is 0 Å². The Kier molecular flexibility index (Phi) is 5.66. The van der Waals surface area contributed by atoms with E-state index in [-0.39, 0.29) is 17.9 Å². The second kappa shape index (κ2) is 7.70. The van der Waals surface area contributed by atoms with Crippen LogP contribution >= 0.6 is 11.3 Å². The molecule has 0 aliphatic heterocycles. The van der Waals surface area contributed by atoms with Gasteiger partial charge in [-0.25, -0.2) is 9.78 Å². The molecule has 22 heavy (non-hydrogen) atoms. The van der Waals surface area contributed by atoms with E-state index in [1.807, 2.05) is 12.3 Å². The number of hydrogen-bond donors (Lipinski definition) is 2. The summed E-state index contributed by atoms with van der Waals surface area (Å²) in [6.45, 7) is 2.50. The van der Waals surface area contributed by atoms with Crippen molar-refractivity contribution in [2.24, 2.45) is 0 Å². The predicted molar refractivity (Wildman–Crippen MR) is 85.3 cm³/mol. The van der Waals surface area contributed by atoms with Gasteiger partial charge in [0, 0.05) is 24.8 Å². The standard InChI is InChI=1S/C16H18N2O3S/c1-11-18-13(10-22-11)8-9-17-15(19)7-6-12-4-2-3-5-14(12)16(20)21/h2-5,10H,6-9H2,1H3,(H,17,19)(H,20,21). The van der Waals surface area contributed by atoms with Gasteiger partial charge in [-0.1, -0.05) is 18.2 Å². The van der Waals surface area contributed by atoms with Crippen LogP contribution in [-0.2, 0) is 17.6 Å². The minimum Gasteiger partial charge on any atom is -0.478 e. The van der Waals surface area contributed by atoms with Crippen molar-refractivity contribution in [2.75, 3.05) is 6.54 Å². The summed E-state index contributed by atoms with van der Waals surface area (Å²) >= 11 is 1.60. The molecule has 0 aliphatic rings. The zero-order valence-corrected chi connectivity index (χ0v) is 13.2. The van der Waals surface area contributed by atoms with E-state index in [0.29, 0.717) is 24.9 Å². The molecule has 0 saturated heterocycles. The molecule has 0 aliphatic carbocycles. The number of carbonyl (C=O) groups excluding carboxylic acids is 1. The number of rotatable bonds is 7. The number of nitrogens with zero attached hydrogens (tertiary/aromatic N) is 1. The number of aryl methyl sites for hydroxylation is 2. The number of aromatic carboxylic acids is 1. The molecule has 0 atom stereocenters. The number of carboxylic acid groups (broad SMARTS) is 1. The van der Waals surface area contributed by atoms with Crippen molar-refractivity contribution in [1.29, 1.82) is 0 Å². The van der Waals surface area contributed by atoms with E-state index >= 15 is 0 Å². The van der Waals surface area contributed by atoms with E-state index in [1.165, 1.54) is 0 Å². The van der Waals surface area contributed by atoms with Crippen LogP contribution in [0.2, 0.25) is 0 Å². The van der Waals surface area contributed by atoms with Gasteiger partial charge in [0.1, 0.15) is 0 Å². The van der Waals surface area contributed by atoms with Crippen LogP contribution in [0.3, 0.4) is 0 Å². The van der Waals surface area contributed by atoms with E-state index in [1.54, 1.807) is 35.6 Å². The maximum atomic E-state index is 11.8. The van der Waals surface area contributed by atoms with Crippen LogP contribution in [0.15, 0.2) is 29.6 Å². The highest BCUT2D eigenvalue weighted by Crippen LogP contribution is 2.11. The first kappa shape index (κ1) is 16.2. The van der Waals surface area contributed by atoms with E-state index in [4.69, 9.17) is 5.11 Å². The largest absolute Gasteiger partial charge is 0.478 e. The summed E-state index contributed by atoms with van der Waals surface area (Å²) in [4.78, 5) is 27.2. The third-order valence-corrected chi connectivity index (χ3v) is 4.06. The first-order valence-electron chi connectivity index (χ1n) is 7.05. The molecule has 0 fully saturated rings. The van der Waals surface area contributed by atoms with Crippen LogP contribution in [-0.4, -0.2) is 28.5 Å². The van der Waals surface area contributed by atoms with Crippen molar-refractivity contribution in [1.82, 2.24) is 10.3 Å². The Labute approximate surface area is 133 Å². The Morgan fingerprint density at radius 3 is 2.73 bits per heavy atom. The van der Waals surface area contributed by atoms with Crippen molar-refractivity contribution < 1.29 is 14.7 Å². The summed E-state index contributed by atoms with van der Waals surface area (Å²) in [5.41, 5.74) is 1.92. The van der Waals surface area contributed by atoms with Gasteiger partial charge in [-0.3, -0.25) is 4.79 Å². The smallest absolute Gasteiger partial charge is 0.335 e. The van der Waals surface area contributed by atoms with Crippen LogP contribution in [0, 0.1) is 6.92 Å². The van der Waals surface area contributed by atoms with Gasteiger partial charge in [0.2, 0.25) is 5.91 Å². The summed E-state index contributed by atoms with van der Waals surface area (Å²) in [6, 6.07) is 6.77. The fourth-order valence-corrected chi connectivity index (χ4v) is 2.78. The second-order valence-electron chi connectivity index (χ2n) is 4.92. The highest BCUT2D eigenvalue weighted by atomic mass is 32.1. The lowest BCUT2D eigenvalue weighted by atomic mass is 10.0. The summed E-state index contributed by atoms with van der Waals surface area (Å²) in [6.07, 6.45) is 1.41. The number of amides is 1. The van der Waals surface area contributed by atoms with Gasteiger partial charge in [-0.05, 0) is 25.0 Å². The van der Waals surface area contributed by atoms with Crippen LogP contribution in [0.25, 0.3) is 0 Å². The maximum Gasteiger partial charge on any atom is 0.335 e. The van der Waals surface area contributed by atoms with Gasteiger partial charge < -0.3 is 10.4 Å². The number of aromatic nitrogens is 1. The average molecular weight is 318 g/mol. The van der Waals surface area contributed by atoms with Crippen LogP contribution in [0.4, 0.5) is 0 Å². The maximum absolute atomic E-state index is 11.8. The molecule has 0 radical (unpaired) electrons. The number of thiazole rings is 1. The highest BCUT2D eigenvalue weighted by Gasteiger charge is 2.10. The van der Waals surface area contributed by atoms with Crippen molar-refractivity contribution in [2.45, 2.75) is 26.2 Å². The average Bonchev–Trinajstić information content (AvgIpc) is 2.91. The molecule has 2 N–H and O–H groups in total. The Morgan fingerprint density at radius 2 is 2.05 bits per heavy atom. The molecule has 0 spiro atoms. The number of nitrogens with one attached hydrogen (secondary N) is 1. The lowest BCUT2D eigenvalue weighted by molar-refractivity contribution is -0.121. The Balaban J connectivity index is 1.77. The van der Waals surface area contributed by atoms with Gasteiger partial charge in [-0.15, -0.1) is 11.3 Å². The summed E-state index contributed by atoms with van der Waals surface area (Å²) < 4.78 is 0. The van der Waals surface area contributed by atoms with Crippen LogP contribution < -0.4 is 5.32 Å². The van der Waals surface area contributed by atoms with Gasteiger partial charge in [0.05, 0.1) is 16.3 Å². The second-order valence-corrected chi connectivity index (χ2v) is 5.98. The van der Waals surface area contributed by atoms with E-state index in [0.717, 1.165) is 10.7 Å². The quantitative estimate of drug-likeness (QED) is 0.822. The normalized spacial score (nSPS) is 10.4. The zero-order chi connectivity index (χ0) is 15.9. The molecule has 0 unspecified atom stereocenters. The van der Waals surface area contributed by atoms with Gasteiger partial charge in [0.15, 0.2) is 0 Å². The topological polar surface area (TPSA) is 79.3 Å². The summed E-state index contributed by atoms with van der Waals surface area (Å²) in [5.74, 6) is -1.04. The summed E-state index contributed by atoms with van der Waals surface area (Å²) in [5, 5.41) is 14.9. The molecule has 1 aromatic carbocycles. The van der Waals surface area contributed by atoms with E-state index < -0.39 is 5.97 Å². The van der Waals surface area contributed by atoms with Gasteiger partial charge >= 0.3 is 5.97 Å². The molecule has 0 bridgehead atoms. The molecule has 1 heterocycles. The Morgan fingerprint density at radius 1 is 1.27 bits per heavy atom. The molecule has 5 nitrogen and oxygen atoms in total. The first-order chi connectivity index (χ1) is 10.6. The van der Waals surface area contributed by atoms with Crippen molar-refractivity contribution >= 4 is 23.2 Å². The van der Waals surface area contributed by atoms with E-state index in [9.17, 15) is 9.59 Å². The van der Waals surface area contributed by atoms with Crippen molar-refractivity contribution in [3.8, 4) is 0 Å². The lowest BCUT2D eigenvalue weighted by Crippen LogP contribution is -2.26. The van der Waals surface area contributed by atoms with Crippen LogP contribution in [0.1, 0.15) is 33.0 Å². The first-order valence-corrected chi connectivity index (χ1v) is 7.93. The lowest BCUT2D eigenvalue weighted by Gasteiger charge is -2.06. The molecule has 1 aromatic heterocycles. The molecular formula is C16H18N2O3S. The number of carboxylic acids is 1. The summed E-state index contributed by atoms with van der Waals surface area (Å²) in [7, 11) is 0. The zero-order valence-electron chi connectivity index (χ0n) is 12.3. The molecule has 1 amide bonds.